The van der Waals surface area contributed by atoms with Gasteiger partial charge in [0.2, 0.25) is 0 Å². The fourth-order valence-electron chi connectivity index (χ4n) is 1.61. The zero-order chi connectivity index (χ0) is 14.8. The topological polar surface area (TPSA) is 72.2 Å². The van der Waals surface area contributed by atoms with Crippen LogP contribution in [-0.2, 0) is 16.6 Å². The SMILES string of the molecule is NCc1ccc(Br)c(S(=O)(=O)Nc2ccc(I)cc2)c1. The number of hydrogen-bond acceptors (Lipinski definition) is 3. The zero-order valence-corrected chi connectivity index (χ0v) is 14.9. The molecule has 3 N–H and O–H groups in total. The lowest BCUT2D eigenvalue weighted by atomic mass is 10.2. The molecule has 0 spiro atoms. The van der Waals surface area contributed by atoms with E-state index in [-0.39, 0.29) is 4.90 Å². The maximum absolute atomic E-state index is 12.4. The zero-order valence-electron chi connectivity index (χ0n) is 10.3. The van der Waals surface area contributed by atoms with Gasteiger partial charge >= 0.3 is 0 Å². The van der Waals surface area contributed by atoms with Gasteiger partial charge in [-0.1, -0.05) is 6.07 Å². The van der Waals surface area contributed by atoms with E-state index < -0.39 is 10.0 Å². The molecule has 2 aromatic carbocycles. The van der Waals surface area contributed by atoms with Gasteiger partial charge in [0.25, 0.3) is 10.0 Å². The van der Waals surface area contributed by atoms with Gasteiger partial charge in [0.1, 0.15) is 4.90 Å². The van der Waals surface area contributed by atoms with Crippen LogP contribution in [0, 0.1) is 3.57 Å². The summed E-state index contributed by atoms with van der Waals surface area (Å²) in [6.07, 6.45) is 0. The Kier molecular flexibility index (Phi) is 5.05. The number of anilines is 1. The van der Waals surface area contributed by atoms with E-state index in [0.717, 1.165) is 9.13 Å². The van der Waals surface area contributed by atoms with Gasteiger partial charge in [0, 0.05) is 20.3 Å². The first-order chi connectivity index (χ1) is 9.42. The molecule has 0 aliphatic rings. The smallest absolute Gasteiger partial charge is 0.263 e. The summed E-state index contributed by atoms with van der Waals surface area (Å²) in [4.78, 5) is 0.180. The summed E-state index contributed by atoms with van der Waals surface area (Å²) in [5.41, 5.74) is 6.83. The maximum atomic E-state index is 12.4. The Labute approximate surface area is 140 Å². The highest BCUT2D eigenvalue weighted by molar-refractivity contribution is 14.1. The lowest BCUT2D eigenvalue weighted by molar-refractivity contribution is 0.600. The third-order valence-electron chi connectivity index (χ3n) is 2.62. The average molecular weight is 467 g/mol. The van der Waals surface area contributed by atoms with Crippen LogP contribution in [0.4, 0.5) is 5.69 Å². The van der Waals surface area contributed by atoms with Crippen molar-refractivity contribution in [1.82, 2.24) is 0 Å². The second-order valence-corrected chi connectivity index (χ2v) is 7.83. The lowest BCUT2D eigenvalue weighted by Crippen LogP contribution is -2.14. The Bertz CT molecular complexity index is 718. The van der Waals surface area contributed by atoms with Crippen molar-refractivity contribution >= 4 is 54.2 Å². The predicted molar refractivity (Wildman–Crippen MR) is 92.0 cm³/mol. The molecule has 0 aliphatic heterocycles. The van der Waals surface area contributed by atoms with Crippen LogP contribution in [0.1, 0.15) is 5.56 Å². The molecule has 0 atom stereocenters. The van der Waals surface area contributed by atoms with Crippen molar-refractivity contribution < 1.29 is 8.42 Å². The van der Waals surface area contributed by atoms with Gasteiger partial charge in [0.05, 0.1) is 0 Å². The Morgan fingerprint density at radius 2 is 1.80 bits per heavy atom. The molecule has 0 saturated heterocycles. The van der Waals surface area contributed by atoms with Gasteiger partial charge in [0.15, 0.2) is 0 Å². The monoisotopic (exact) mass is 466 g/mol. The number of halogens is 2. The predicted octanol–water partition coefficient (Wildman–Crippen LogP) is 3.31. The highest BCUT2D eigenvalue weighted by Gasteiger charge is 2.18. The normalized spacial score (nSPS) is 11.3. The van der Waals surface area contributed by atoms with Gasteiger partial charge in [-0.05, 0) is 80.5 Å². The van der Waals surface area contributed by atoms with E-state index in [2.05, 4.69) is 43.2 Å². The number of hydrogen-bond donors (Lipinski definition) is 2. The second-order valence-electron chi connectivity index (χ2n) is 4.08. The van der Waals surface area contributed by atoms with E-state index >= 15 is 0 Å². The maximum Gasteiger partial charge on any atom is 0.263 e. The molecule has 0 unspecified atom stereocenters. The summed E-state index contributed by atoms with van der Waals surface area (Å²) < 4.78 is 28.9. The number of sulfonamides is 1. The van der Waals surface area contributed by atoms with Crippen molar-refractivity contribution in [1.29, 1.82) is 0 Å². The van der Waals surface area contributed by atoms with E-state index in [9.17, 15) is 8.42 Å². The van der Waals surface area contributed by atoms with Crippen LogP contribution in [0.5, 0.6) is 0 Å². The van der Waals surface area contributed by atoms with Crippen molar-refractivity contribution in [2.45, 2.75) is 11.4 Å². The van der Waals surface area contributed by atoms with Crippen LogP contribution in [0.25, 0.3) is 0 Å². The molecule has 4 nitrogen and oxygen atoms in total. The van der Waals surface area contributed by atoms with Crippen molar-refractivity contribution in [3.05, 3.63) is 56.1 Å². The Hall–Kier alpha value is -0.640. The summed E-state index contributed by atoms with van der Waals surface area (Å²) in [5.74, 6) is 0. The standard InChI is InChI=1S/C13H12BrIN2O2S/c14-12-6-1-9(8-16)7-13(12)20(18,19)17-11-4-2-10(15)3-5-11/h1-7,17H,8,16H2. The van der Waals surface area contributed by atoms with Crippen LogP contribution in [0.15, 0.2) is 51.8 Å². The molecule has 0 aromatic heterocycles. The molecule has 20 heavy (non-hydrogen) atoms. The minimum absolute atomic E-state index is 0.180. The van der Waals surface area contributed by atoms with E-state index in [0.29, 0.717) is 16.7 Å². The summed E-state index contributed by atoms with van der Waals surface area (Å²) >= 11 is 5.42. The van der Waals surface area contributed by atoms with Gasteiger partial charge in [-0.3, -0.25) is 4.72 Å². The van der Waals surface area contributed by atoms with Gasteiger partial charge < -0.3 is 5.73 Å². The molecular weight excluding hydrogens is 455 g/mol. The minimum Gasteiger partial charge on any atom is -0.326 e. The summed E-state index contributed by atoms with van der Waals surface area (Å²) in [5, 5.41) is 0. The molecule has 7 heteroatoms. The molecule has 2 rings (SSSR count). The number of nitrogens with one attached hydrogen (secondary N) is 1. The fourth-order valence-corrected chi connectivity index (χ4v) is 4.04. The molecular formula is C13H12BrIN2O2S. The van der Waals surface area contributed by atoms with Crippen LogP contribution in [0.3, 0.4) is 0 Å². The number of benzene rings is 2. The van der Waals surface area contributed by atoms with Gasteiger partial charge in [-0.25, -0.2) is 8.42 Å². The molecule has 0 saturated carbocycles. The minimum atomic E-state index is -3.64. The third-order valence-corrected chi connectivity index (χ3v) is 5.71. The fraction of sp³-hybridized carbons (Fsp3) is 0.0769. The van der Waals surface area contributed by atoms with Crippen LogP contribution < -0.4 is 10.5 Å². The number of nitrogens with two attached hydrogens (primary N) is 1. The van der Waals surface area contributed by atoms with Crippen molar-refractivity contribution in [2.24, 2.45) is 5.73 Å². The van der Waals surface area contributed by atoms with Crippen molar-refractivity contribution in [2.75, 3.05) is 4.72 Å². The van der Waals surface area contributed by atoms with Crippen molar-refractivity contribution in [3.8, 4) is 0 Å². The molecule has 0 bridgehead atoms. The van der Waals surface area contributed by atoms with Crippen LogP contribution >= 0.6 is 38.5 Å². The Morgan fingerprint density at radius 3 is 2.40 bits per heavy atom. The van der Waals surface area contributed by atoms with E-state index in [1.54, 1.807) is 30.3 Å². The van der Waals surface area contributed by atoms with Crippen molar-refractivity contribution in [3.63, 3.8) is 0 Å². The molecule has 106 valence electrons. The Morgan fingerprint density at radius 1 is 1.15 bits per heavy atom. The number of rotatable bonds is 4. The highest BCUT2D eigenvalue weighted by atomic mass is 127. The van der Waals surface area contributed by atoms with Crippen LogP contribution in [0.2, 0.25) is 0 Å². The average Bonchev–Trinajstić information content (AvgIpc) is 2.41. The summed E-state index contributed by atoms with van der Waals surface area (Å²) in [7, 11) is -3.64. The lowest BCUT2D eigenvalue weighted by Gasteiger charge is -2.11. The van der Waals surface area contributed by atoms with E-state index in [4.69, 9.17) is 5.73 Å². The molecule has 2 aromatic rings. The first-order valence-electron chi connectivity index (χ1n) is 5.69. The van der Waals surface area contributed by atoms with E-state index in [1.807, 2.05) is 12.1 Å². The quantitative estimate of drug-likeness (QED) is 0.679. The highest BCUT2D eigenvalue weighted by Crippen LogP contribution is 2.25. The van der Waals surface area contributed by atoms with Gasteiger partial charge in [-0.15, -0.1) is 0 Å². The second kappa shape index (κ2) is 6.42. The summed E-state index contributed by atoms with van der Waals surface area (Å²) in [6, 6.07) is 12.2. The van der Waals surface area contributed by atoms with Gasteiger partial charge in [-0.2, -0.15) is 0 Å². The first-order valence-corrected chi connectivity index (χ1v) is 9.05. The Balaban J connectivity index is 2.37. The molecule has 0 radical (unpaired) electrons. The molecule has 0 heterocycles. The molecule has 0 aliphatic carbocycles. The summed E-state index contributed by atoms with van der Waals surface area (Å²) in [6.45, 7) is 0.291. The largest absolute Gasteiger partial charge is 0.326 e. The molecule has 0 fully saturated rings. The third kappa shape index (κ3) is 3.72. The van der Waals surface area contributed by atoms with E-state index in [1.165, 1.54) is 0 Å². The first kappa shape index (κ1) is 15.7. The van der Waals surface area contributed by atoms with Crippen LogP contribution in [-0.4, -0.2) is 8.42 Å². The molecule has 0 amide bonds.